The highest BCUT2D eigenvalue weighted by Crippen LogP contribution is 2.14. The standard InChI is InChI=1S/C8H20O3Si.H2O/c1-5-9-12(8-4,10-6-2)11-7-3;/h5-8H2,1-4H3;1H2. The quantitative estimate of drug-likeness (QED) is 0.594. The van der Waals surface area contributed by atoms with E-state index in [-0.39, 0.29) is 5.48 Å². The van der Waals surface area contributed by atoms with Crippen molar-refractivity contribution in [1.29, 1.82) is 0 Å². The van der Waals surface area contributed by atoms with Crippen molar-refractivity contribution < 1.29 is 18.8 Å². The molecule has 0 amide bonds. The van der Waals surface area contributed by atoms with Crippen LogP contribution < -0.4 is 0 Å². The summed E-state index contributed by atoms with van der Waals surface area (Å²) < 4.78 is 16.7. The van der Waals surface area contributed by atoms with Crippen LogP contribution in [-0.4, -0.2) is 34.1 Å². The SMILES string of the molecule is CCO[Si](CC)(OCC)OCC.O. The van der Waals surface area contributed by atoms with Gasteiger partial charge in [0.15, 0.2) is 0 Å². The summed E-state index contributed by atoms with van der Waals surface area (Å²) in [5.41, 5.74) is 0. The number of hydrogen-bond acceptors (Lipinski definition) is 3. The van der Waals surface area contributed by atoms with Crippen LogP contribution in [0.4, 0.5) is 0 Å². The molecule has 0 aliphatic heterocycles. The fraction of sp³-hybridized carbons (Fsp3) is 1.00. The molecule has 2 N–H and O–H groups in total. The lowest BCUT2D eigenvalue weighted by atomic mass is 10.9. The Kier molecular flexibility index (Phi) is 10.3. The van der Waals surface area contributed by atoms with Crippen LogP contribution in [0.3, 0.4) is 0 Å². The molecule has 13 heavy (non-hydrogen) atoms. The lowest BCUT2D eigenvalue weighted by molar-refractivity contribution is 0.0725. The van der Waals surface area contributed by atoms with Crippen LogP contribution in [-0.2, 0) is 13.3 Å². The maximum absolute atomic E-state index is 5.55. The largest absolute Gasteiger partial charge is 0.500 e. The Hall–Kier alpha value is 0.0569. The Morgan fingerprint density at radius 2 is 1.08 bits per heavy atom. The molecular weight excluding hydrogens is 188 g/mol. The second kappa shape index (κ2) is 8.65. The molecule has 0 aliphatic carbocycles. The Morgan fingerprint density at radius 3 is 1.23 bits per heavy atom. The van der Waals surface area contributed by atoms with Crippen LogP contribution >= 0.6 is 0 Å². The van der Waals surface area contributed by atoms with E-state index >= 15 is 0 Å². The van der Waals surface area contributed by atoms with E-state index in [4.69, 9.17) is 13.3 Å². The summed E-state index contributed by atoms with van der Waals surface area (Å²) in [7, 11) is -2.27. The topological polar surface area (TPSA) is 59.2 Å². The molecule has 0 aromatic carbocycles. The summed E-state index contributed by atoms with van der Waals surface area (Å²) in [5, 5.41) is 0. The van der Waals surface area contributed by atoms with Crippen LogP contribution in [0.25, 0.3) is 0 Å². The smallest absolute Gasteiger partial charge is 0.412 e. The van der Waals surface area contributed by atoms with Gasteiger partial charge in [-0.05, 0) is 20.8 Å². The van der Waals surface area contributed by atoms with Crippen molar-refractivity contribution in [1.82, 2.24) is 0 Å². The predicted molar refractivity (Wildman–Crippen MR) is 54.7 cm³/mol. The molecule has 0 fully saturated rings. The van der Waals surface area contributed by atoms with Crippen LogP contribution in [0.5, 0.6) is 0 Å². The van der Waals surface area contributed by atoms with E-state index in [0.717, 1.165) is 6.04 Å². The molecule has 0 heterocycles. The van der Waals surface area contributed by atoms with E-state index in [2.05, 4.69) is 0 Å². The van der Waals surface area contributed by atoms with Crippen molar-refractivity contribution in [3.05, 3.63) is 0 Å². The molecule has 5 heteroatoms. The van der Waals surface area contributed by atoms with E-state index in [1.54, 1.807) is 0 Å². The van der Waals surface area contributed by atoms with E-state index in [9.17, 15) is 0 Å². The maximum atomic E-state index is 5.55. The molecule has 0 saturated heterocycles. The minimum Gasteiger partial charge on any atom is -0.412 e. The van der Waals surface area contributed by atoms with Crippen molar-refractivity contribution in [2.45, 2.75) is 33.7 Å². The average molecular weight is 210 g/mol. The summed E-state index contributed by atoms with van der Waals surface area (Å²) in [5.74, 6) is 0. The molecule has 0 unspecified atom stereocenters. The summed E-state index contributed by atoms with van der Waals surface area (Å²) in [6.07, 6.45) is 0. The zero-order valence-electron chi connectivity index (χ0n) is 9.05. The molecule has 82 valence electrons. The van der Waals surface area contributed by atoms with Crippen molar-refractivity contribution in [2.75, 3.05) is 19.8 Å². The van der Waals surface area contributed by atoms with Gasteiger partial charge in [-0.1, -0.05) is 6.92 Å². The van der Waals surface area contributed by atoms with Gasteiger partial charge in [0.25, 0.3) is 0 Å². The maximum Gasteiger partial charge on any atom is 0.500 e. The number of hydrogen-bond donors (Lipinski definition) is 0. The number of rotatable bonds is 7. The first-order valence-electron chi connectivity index (χ1n) is 4.66. The Labute approximate surface area is 81.9 Å². The minimum atomic E-state index is -2.27. The van der Waals surface area contributed by atoms with Crippen molar-refractivity contribution in [3.8, 4) is 0 Å². The second-order valence-corrected chi connectivity index (χ2v) is 5.27. The molecular formula is C8H22O4Si. The monoisotopic (exact) mass is 210 g/mol. The third-order valence-corrected chi connectivity index (χ3v) is 4.58. The third-order valence-electron chi connectivity index (χ3n) is 1.53. The van der Waals surface area contributed by atoms with Gasteiger partial charge >= 0.3 is 8.80 Å². The Balaban J connectivity index is 0. The fourth-order valence-electron chi connectivity index (χ4n) is 1.09. The third kappa shape index (κ3) is 5.38. The van der Waals surface area contributed by atoms with Gasteiger partial charge in [0, 0.05) is 25.9 Å². The molecule has 0 atom stereocenters. The molecule has 0 radical (unpaired) electrons. The van der Waals surface area contributed by atoms with E-state index in [1.165, 1.54) is 0 Å². The minimum absolute atomic E-state index is 0. The highest BCUT2D eigenvalue weighted by atomic mass is 28.4. The van der Waals surface area contributed by atoms with Crippen molar-refractivity contribution in [3.63, 3.8) is 0 Å². The highest BCUT2D eigenvalue weighted by molar-refractivity contribution is 6.60. The molecule has 0 spiro atoms. The highest BCUT2D eigenvalue weighted by Gasteiger charge is 2.37. The van der Waals surface area contributed by atoms with Crippen molar-refractivity contribution >= 4 is 8.80 Å². The molecule has 0 aliphatic rings. The summed E-state index contributed by atoms with van der Waals surface area (Å²) in [6, 6.07) is 0.850. The average Bonchev–Trinajstić information content (AvgIpc) is 2.06. The van der Waals surface area contributed by atoms with Gasteiger partial charge in [-0.15, -0.1) is 0 Å². The molecule has 0 bridgehead atoms. The Bertz CT molecular complexity index is 93.3. The zero-order chi connectivity index (χ0) is 9.45. The molecule has 0 rings (SSSR count). The first-order chi connectivity index (χ1) is 5.74. The Morgan fingerprint density at radius 1 is 0.769 bits per heavy atom. The van der Waals surface area contributed by atoms with E-state index < -0.39 is 8.80 Å². The molecule has 4 nitrogen and oxygen atoms in total. The molecule has 0 saturated carbocycles. The van der Waals surface area contributed by atoms with Crippen LogP contribution in [0.2, 0.25) is 6.04 Å². The van der Waals surface area contributed by atoms with Crippen LogP contribution in [0, 0.1) is 0 Å². The predicted octanol–water partition coefficient (Wildman–Crippen LogP) is 1.23. The van der Waals surface area contributed by atoms with Gasteiger partial charge in [-0.3, -0.25) is 0 Å². The van der Waals surface area contributed by atoms with Gasteiger partial charge in [-0.2, -0.15) is 0 Å². The normalized spacial score (nSPS) is 11.1. The molecule has 0 aromatic heterocycles. The second-order valence-electron chi connectivity index (χ2n) is 2.34. The van der Waals surface area contributed by atoms with Gasteiger partial charge < -0.3 is 18.8 Å². The lowest BCUT2D eigenvalue weighted by Gasteiger charge is -2.26. The summed E-state index contributed by atoms with van der Waals surface area (Å²) >= 11 is 0. The van der Waals surface area contributed by atoms with Gasteiger partial charge in [-0.25, -0.2) is 0 Å². The first kappa shape index (κ1) is 15.5. The van der Waals surface area contributed by atoms with E-state index in [0.29, 0.717) is 19.8 Å². The van der Waals surface area contributed by atoms with Gasteiger partial charge in [0.1, 0.15) is 0 Å². The fourth-order valence-corrected chi connectivity index (χ4v) is 3.27. The lowest BCUT2D eigenvalue weighted by Crippen LogP contribution is -2.45. The van der Waals surface area contributed by atoms with Crippen LogP contribution in [0.1, 0.15) is 27.7 Å². The summed E-state index contributed by atoms with van der Waals surface area (Å²) in [4.78, 5) is 0. The van der Waals surface area contributed by atoms with Crippen molar-refractivity contribution in [2.24, 2.45) is 0 Å². The first-order valence-corrected chi connectivity index (χ1v) is 6.59. The van der Waals surface area contributed by atoms with Crippen LogP contribution in [0.15, 0.2) is 0 Å². The van der Waals surface area contributed by atoms with Gasteiger partial charge in [0.05, 0.1) is 0 Å². The van der Waals surface area contributed by atoms with Gasteiger partial charge in [0.2, 0.25) is 0 Å². The van der Waals surface area contributed by atoms with E-state index in [1.807, 2.05) is 27.7 Å². The summed E-state index contributed by atoms with van der Waals surface area (Å²) in [6.45, 7) is 9.95. The zero-order valence-corrected chi connectivity index (χ0v) is 10.1. The molecule has 0 aromatic rings.